The molecule has 1 aliphatic heterocycles. The van der Waals surface area contributed by atoms with Gasteiger partial charge in [0.2, 0.25) is 10.0 Å². The van der Waals surface area contributed by atoms with Crippen molar-refractivity contribution in [2.45, 2.75) is 37.4 Å². The summed E-state index contributed by atoms with van der Waals surface area (Å²) in [6.07, 6.45) is -4.50. The van der Waals surface area contributed by atoms with Gasteiger partial charge in [0.05, 0.1) is 10.5 Å². The molecule has 10 heteroatoms. The van der Waals surface area contributed by atoms with E-state index in [0.717, 1.165) is 17.8 Å². The lowest BCUT2D eigenvalue weighted by Crippen LogP contribution is -2.48. The molecule has 2 aromatic carbocycles. The van der Waals surface area contributed by atoms with Gasteiger partial charge in [0.1, 0.15) is 0 Å². The van der Waals surface area contributed by atoms with Gasteiger partial charge in [-0.3, -0.25) is 0 Å². The minimum Gasteiger partial charge on any atom is -0.380 e. The molecule has 0 spiro atoms. The second-order valence-electron chi connectivity index (χ2n) is 8.49. The quantitative estimate of drug-likeness (QED) is 0.670. The molecule has 0 unspecified atom stereocenters. The summed E-state index contributed by atoms with van der Waals surface area (Å²) in [6, 6.07) is 9.94. The predicted molar refractivity (Wildman–Crippen MR) is 117 cm³/mol. The molecule has 0 radical (unpaired) electrons. The summed E-state index contributed by atoms with van der Waals surface area (Å²) in [6.45, 7) is 6.88. The molecule has 1 heterocycles. The number of hydrogen-bond acceptors (Lipinski definition) is 4. The van der Waals surface area contributed by atoms with E-state index in [2.05, 4.69) is 5.32 Å². The summed E-state index contributed by atoms with van der Waals surface area (Å²) in [5.41, 5.74) is 0.171. The van der Waals surface area contributed by atoms with Gasteiger partial charge in [0, 0.05) is 48.1 Å². The third-order valence-corrected chi connectivity index (χ3v) is 6.96. The Hall–Kier alpha value is -1.97. The summed E-state index contributed by atoms with van der Waals surface area (Å²) in [5, 5.41) is 3.27. The van der Waals surface area contributed by atoms with E-state index in [9.17, 15) is 21.6 Å². The second kappa shape index (κ2) is 8.52. The molecule has 0 saturated carbocycles. The minimum absolute atomic E-state index is 0.0103. The van der Waals surface area contributed by atoms with Crippen LogP contribution in [0.5, 0.6) is 0 Å². The number of hydrogen-bond donors (Lipinski definition) is 1. The Bertz CT molecular complexity index is 1030. The van der Waals surface area contributed by atoms with E-state index in [4.69, 9.17) is 11.6 Å². The first kappa shape index (κ1) is 23.7. The standard InChI is InChI=1S/C21H25ClF3N3O2S/c1-20(2,3)26-17-4-6-19(7-5-17)31(29,30)28-10-8-27(9-11-28)18-13-15(21(23,24)25)12-16(22)14-18/h4-7,12-14,26H,8-11H2,1-3H3. The predicted octanol–water partition coefficient (Wildman–Crippen LogP) is 5.08. The summed E-state index contributed by atoms with van der Waals surface area (Å²) >= 11 is 5.87. The van der Waals surface area contributed by atoms with E-state index in [1.165, 1.54) is 10.4 Å². The van der Waals surface area contributed by atoms with Crippen LogP contribution in [0.15, 0.2) is 47.4 Å². The summed E-state index contributed by atoms with van der Waals surface area (Å²) in [4.78, 5) is 1.89. The first-order chi connectivity index (χ1) is 14.3. The van der Waals surface area contributed by atoms with Gasteiger partial charge in [0.15, 0.2) is 0 Å². The number of halogens is 4. The highest BCUT2D eigenvalue weighted by molar-refractivity contribution is 7.89. The lowest BCUT2D eigenvalue weighted by atomic mass is 10.1. The van der Waals surface area contributed by atoms with Gasteiger partial charge < -0.3 is 10.2 Å². The highest BCUT2D eigenvalue weighted by Gasteiger charge is 2.33. The smallest absolute Gasteiger partial charge is 0.380 e. The van der Waals surface area contributed by atoms with Crippen molar-refractivity contribution in [3.8, 4) is 0 Å². The largest absolute Gasteiger partial charge is 0.416 e. The van der Waals surface area contributed by atoms with Crippen LogP contribution in [0, 0.1) is 0 Å². The molecule has 1 saturated heterocycles. The van der Waals surface area contributed by atoms with Crippen molar-refractivity contribution in [3.05, 3.63) is 53.1 Å². The van der Waals surface area contributed by atoms with E-state index >= 15 is 0 Å². The van der Waals surface area contributed by atoms with Gasteiger partial charge in [0.25, 0.3) is 0 Å². The van der Waals surface area contributed by atoms with E-state index in [0.29, 0.717) is 5.69 Å². The number of anilines is 2. The topological polar surface area (TPSA) is 52.7 Å². The van der Waals surface area contributed by atoms with Gasteiger partial charge in [-0.2, -0.15) is 17.5 Å². The van der Waals surface area contributed by atoms with Crippen molar-refractivity contribution in [2.75, 3.05) is 36.4 Å². The van der Waals surface area contributed by atoms with E-state index in [1.54, 1.807) is 29.2 Å². The number of sulfonamides is 1. The molecule has 5 nitrogen and oxygen atoms in total. The fraction of sp³-hybridized carbons (Fsp3) is 0.429. The Labute approximate surface area is 185 Å². The van der Waals surface area contributed by atoms with Crippen LogP contribution in [0.4, 0.5) is 24.5 Å². The van der Waals surface area contributed by atoms with Gasteiger partial charge in [-0.15, -0.1) is 0 Å². The third kappa shape index (κ3) is 5.84. The van der Waals surface area contributed by atoms with E-state index in [1.807, 2.05) is 20.8 Å². The Morgan fingerprint density at radius 2 is 1.52 bits per heavy atom. The fourth-order valence-corrected chi connectivity index (χ4v) is 5.05. The maximum Gasteiger partial charge on any atom is 0.416 e. The number of nitrogens with one attached hydrogen (secondary N) is 1. The van der Waals surface area contributed by atoms with Crippen LogP contribution in [0.3, 0.4) is 0 Å². The zero-order chi connectivity index (χ0) is 23.0. The molecule has 2 aromatic rings. The zero-order valence-electron chi connectivity index (χ0n) is 17.5. The average molecular weight is 476 g/mol. The zero-order valence-corrected chi connectivity index (χ0v) is 19.1. The van der Waals surface area contributed by atoms with Crippen molar-refractivity contribution >= 4 is 33.0 Å². The highest BCUT2D eigenvalue weighted by atomic mass is 35.5. The van der Waals surface area contributed by atoms with Gasteiger partial charge in [-0.25, -0.2) is 8.42 Å². The molecule has 170 valence electrons. The SMILES string of the molecule is CC(C)(C)Nc1ccc(S(=O)(=O)N2CCN(c3cc(Cl)cc(C(F)(F)F)c3)CC2)cc1. The van der Waals surface area contributed by atoms with Crippen molar-refractivity contribution in [2.24, 2.45) is 0 Å². The van der Waals surface area contributed by atoms with Crippen molar-refractivity contribution in [3.63, 3.8) is 0 Å². The van der Waals surface area contributed by atoms with Crippen LogP contribution in [-0.4, -0.2) is 44.4 Å². The lowest BCUT2D eigenvalue weighted by molar-refractivity contribution is -0.137. The molecule has 3 rings (SSSR count). The molecule has 1 fully saturated rings. The summed E-state index contributed by atoms with van der Waals surface area (Å²) in [5.74, 6) is 0. The van der Waals surface area contributed by atoms with Crippen LogP contribution >= 0.6 is 11.6 Å². The van der Waals surface area contributed by atoms with Crippen LogP contribution < -0.4 is 10.2 Å². The summed E-state index contributed by atoms with van der Waals surface area (Å²) < 4.78 is 66.5. The van der Waals surface area contributed by atoms with Crippen molar-refractivity contribution < 1.29 is 21.6 Å². The highest BCUT2D eigenvalue weighted by Crippen LogP contribution is 2.35. The van der Waals surface area contributed by atoms with Crippen molar-refractivity contribution in [1.82, 2.24) is 4.31 Å². The maximum atomic E-state index is 13.1. The molecule has 0 atom stereocenters. The molecule has 0 aliphatic carbocycles. The molecule has 1 aliphatic rings. The van der Waals surface area contributed by atoms with Crippen LogP contribution in [0.1, 0.15) is 26.3 Å². The van der Waals surface area contributed by atoms with Gasteiger partial charge >= 0.3 is 6.18 Å². The molecule has 0 bridgehead atoms. The lowest BCUT2D eigenvalue weighted by Gasteiger charge is -2.35. The first-order valence-electron chi connectivity index (χ1n) is 9.77. The fourth-order valence-electron chi connectivity index (χ4n) is 3.40. The second-order valence-corrected chi connectivity index (χ2v) is 10.9. The Morgan fingerprint density at radius 3 is 2.03 bits per heavy atom. The van der Waals surface area contributed by atoms with Crippen LogP contribution in [0.25, 0.3) is 0 Å². The molecule has 0 amide bonds. The van der Waals surface area contributed by atoms with Gasteiger partial charge in [-0.1, -0.05) is 11.6 Å². The normalized spacial score (nSPS) is 16.4. The molecule has 0 aromatic heterocycles. The minimum atomic E-state index is -4.50. The van der Waals surface area contributed by atoms with E-state index < -0.39 is 21.8 Å². The maximum absolute atomic E-state index is 13.1. The number of nitrogens with zero attached hydrogens (tertiary/aromatic N) is 2. The number of alkyl halides is 3. The summed E-state index contributed by atoms with van der Waals surface area (Å²) in [7, 11) is -3.69. The molecule has 31 heavy (non-hydrogen) atoms. The number of rotatable bonds is 4. The molecular weight excluding hydrogens is 451 g/mol. The Kier molecular flexibility index (Phi) is 6.51. The first-order valence-corrected chi connectivity index (χ1v) is 11.6. The van der Waals surface area contributed by atoms with E-state index in [-0.39, 0.29) is 41.6 Å². The Morgan fingerprint density at radius 1 is 0.935 bits per heavy atom. The number of benzene rings is 2. The number of piperazine rings is 1. The van der Waals surface area contributed by atoms with Crippen LogP contribution in [-0.2, 0) is 16.2 Å². The molecular formula is C21H25ClF3N3O2S. The monoisotopic (exact) mass is 475 g/mol. The average Bonchev–Trinajstić information content (AvgIpc) is 2.66. The Balaban J connectivity index is 1.71. The van der Waals surface area contributed by atoms with Crippen molar-refractivity contribution in [1.29, 1.82) is 0 Å². The van der Waals surface area contributed by atoms with Gasteiger partial charge in [-0.05, 0) is 63.2 Å². The third-order valence-electron chi connectivity index (χ3n) is 4.83. The molecule has 1 N–H and O–H groups in total. The van der Waals surface area contributed by atoms with Crippen LogP contribution in [0.2, 0.25) is 5.02 Å².